The van der Waals surface area contributed by atoms with Crippen LogP contribution in [0.4, 0.5) is 10.5 Å². The summed E-state index contributed by atoms with van der Waals surface area (Å²) >= 11 is -1.17. The molecule has 1 unspecified atom stereocenters. The van der Waals surface area contributed by atoms with E-state index in [0.717, 1.165) is 30.4 Å². The number of nitrogens with one attached hydrogen (secondary N) is 3. The molecule has 2 aromatic carbocycles. The summed E-state index contributed by atoms with van der Waals surface area (Å²) in [5.41, 5.74) is 1.27. The van der Waals surface area contributed by atoms with Gasteiger partial charge in [-0.1, -0.05) is 13.8 Å². The molecule has 9 heteroatoms. The summed E-state index contributed by atoms with van der Waals surface area (Å²) in [6.45, 7) is 7.57. The van der Waals surface area contributed by atoms with E-state index >= 15 is 0 Å². The molecule has 2 aromatic rings. The number of amides is 2. The number of hydrogen-bond acceptors (Lipinski definition) is 5. The molecule has 168 valence electrons. The fourth-order valence-corrected chi connectivity index (χ4v) is 5.46. The Morgan fingerprint density at radius 2 is 1.90 bits per heavy atom. The van der Waals surface area contributed by atoms with Crippen molar-refractivity contribution in [1.29, 1.82) is 5.41 Å². The van der Waals surface area contributed by atoms with Gasteiger partial charge < -0.3 is 4.90 Å². The molecule has 31 heavy (non-hydrogen) atoms. The molecule has 1 saturated heterocycles. The Bertz CT molecular complexity index is 963. The van der Waals surface area contributed by atoms with Gasteiger partial charge in [-0.2, -0.15) is 0 Å². The first-order valence-corrected chi connectivity index (χ1v) is 12.5. The average Bonchev–Trinajstić information content (AvgIpc) is 3.08. The summed E-state index contributed by atoms with van der Waals surface area (Å²) in [5.74, 6) is 0.236. The Morgan fingerprint density at radius 3 is 2.58 bits per heavy atom. The van der Waals surface area contributed by atoms with Crippen LogP contribution in [0.1, 0.15) is 37.0 Å². The van der Waals surface area contributed by atoms with Crippen molar-refractivity contribution in [3.05, 3.63) is 42.0 Å². The first kappa shape index (κ1) is 23.4. The Hall–Kier alpha value is -2.24. The number of benzene rings is 2. The minimum atomic E-state index is -1.17. The van der Waals surface area contributed by atoms with E-state index < -0.39 is 27.7 Å². The van der Waals surface area contributed by atoms with Crippen LogP contribution in [0.3, 0.4) is 0 Å². The Labute approximate surface area is 193 Å². The van der Waals surface area contributed by atoms with E-state index in [1.54, 1.807) is 12.1 Å². The monoisotopic (exact) mass is 538 g/mol. The van der Waals surface area contributed by atoms with Crippen LogP contribution >= 0.6 is 0 Å². The van der Waals surface area contributed by atoms with Gasteiger partial charge >= 0.3 is 162 Å². The van der Waals surface area contributed by atoms with E-state index in [-0.39, 0.29) is 9.82 Å². The summed E-state index contributed by atoms with van der Waals surface area (Å²) in [7, 11) is 0. The molecule has 4 N–H and O–H groups in total. The Kier molecular flexibility index (Phi) is 8.22. The van der Waals surface area contributed by atoms with Gasteiger partial charge in [0.15, 0.2) is 0 Å². The number of halogens is 1. The van der Waals surface area contributed by atoms with Gasteiger partial charge in [-0.25, -0.2) is 0 Å². The van der Waals surface area contributed by atoms with E-state index in [1.807, 2.05) is 24.3 Å². The number of fused-ring (bicyclic) bond motifs is 1. The van der Waals surface area contributed by atoms with Gasteiger partial charge in [0.25, 0.3) is 0 Å². The fraction of sp³-hybridized carbons (Fsp3) is 0.409. The topological polar surface area (TPSA) is 109 Å². The number of hydrogen-bond donors (Lipinski definition) is 4. The number of likely N-dealkylation sites (N-methyl/N-ethyl adjacent to an activating group) is 1. The van der Waals surface area contributed by atoms with Crippen molar-refractivity contribution in [2.24, 2.45) is 0 Å². The molecule has 2 amide bonds. The third-order valence-corrected chi connectivity index (χ3v) is 7.73. The van der Waals surface area contributed by atoms with Crippen molar-refractivity contribution in [1.82, 2.24) is 13.3 Å². The summed E-state index contributed by atoms with van der Waals surface area (Å²) in [4.78, 5) is 27.1. The van der Waals surface area contributed by atoms with E-state index in [9.17, 15) is 14.7 Å². The zero-order valence-corrected chi connectivity index (χ0v) is 20.0. The zero-order chi connectivity index (χ0) is 22.4. The van der Waals surface area contributed by atoms with Gasteiger partial charge in [0.2, 0.25) is 0 Å². The number of rotatable bonds is 9. The molecule has 0 bridgehead atoms. The zero-order valence-electron chi connectivity index (χ0n) is 17.8. The number of carbonyl (C=O) groups is 2. The van der Waals surface area contributed by atoms with Crippen LogP contribution in [0.2, 0.25) is 0 Å². The number of nitrogens with zero attached hydrogens (tertiary/aromatic N) is 2. The molecule has 0 radical (unpaired) electrons. The second-order valence-electron chi connectivity index (χ2n) is 7.32. The predicted molar refractivity (Wildman–Crippen MR) is 118 cm³/mol. The second kappa shape index (κ2) is 10.9. The average molecular weight is 538 g/mol. The molecule has 1 fully saturated rings. The van der Waals surface area contributed by atoms with E-state index in [0.29, 0.717) is 36.5 Å². The van der Waals surface area contributed by atoms with Gasteiger partial charge in [-0.3, -0.25) is 0 Å². The summed E-state index contributed by atoms with van der Waals surface area (Å²) in [6.07, 6.45) is 0.294. The summed E-state index contributed by atoms with van der Waals surface area (Å²) in [6, 6.07) is 11.1. The Balaban J connectivity index is 1.60. The predicted octanol–water partition coefficient (Wildman–Crippen LogP) is -0.161. The van der Waals surface area contributed by atoms with E-state index in [2.05, 4.69) is 29.4 Å². The van der Waals surface area contributed by atoms with Gasteiger partial charge in [0.05, 0.1) is 0 Å². The van der Waals surface area contributed by atoms with Crippen molar-refractivity contribution in [2.45, 2.75) is 32.9 Å². The van der Waals surface area contributed by atoms with Crippen LogP contribution in [0, 0.1) is 5.41 Å². The van der Waals surface area contributed by atoms with Crippen LogP contribution in [-0.2, 0) is 0 Å². The molecular formula is C22H29IN5O3-. The standard InChI is InChI=1S/C22H29IN5O3/c1-3-27(4-2)12-11-25-21(30)17-6-5-16-14-18(8-7-15(16)13-17)26-22(31)23-28-19(24)9-10-20(28)29/h5-8,13-14,20,24,29H,3-4,9-12H2,1-2H3,(H,25,30)(H,26,31)/q-1. The molecule has 0 aromatic heterocycles. The van der Waals surface area contributed by atoms with Crippen molar-refractivity contribution in [3.63, 3.8) is 0 Å². The normalized spacial score (nSPS) is 16.3. The second-order valence-corrected chi connectivity index (χ2v) is 9.82. The maximum absolute atomic E-state index is 12.5. The SMILES string of the molecule is CCN(CC)CCNC(=O)c1ccc2cc(NC(=O)[I-]N3C(=N)CCC3O)ccc2c1. The van der Waals surface area contributed by atoms with Gasteiger partial charge in [0.1, 0.15) is 0 Å². The first-order chi connectivity index (χ1) is 14.9. The quantitative estimate of drug-likeness (QED) is 0.154. The van der Waals surface area contributed by atoms with Crippen LogP contribution in [0.15, 0.2) is 36.4 Å². The molecule has 0 saturated carbocycles. The number of amidine groups is 1. The van der Waals surface area contributed by atoms with Gasteiger partial charge in [-0.05, 0) is 13.1 Å². The van der Waals surface area contributed by atoms with Crippen molar-refractivity contribution in [2.75, 3.05) is 31.5 Å². The van der Waals surface area contributed by atoms with Gasteiger partial charge in [0, 0.05) is 0 Å². The first-order valence-electron chi connectivity index (χ1n) is 10.5. The third kappa shape index (κ3) is 6.14. The molecule has 1 aliphatic heterocycles. The summed E-state index contributed by atoms with van der Waals surface area (Å²) in [5, 5.41) is 25.4. The maximum atomic E-state index is 12.5. The molecule has 1 atom stereocenters. The van der Waals surface area contributed by atoms with E-state index in [4.69, 9.17) is 5.41 Å². The number of carbonyl (C=O) groups excluding carboxylic acids is 2. The van der Waals surface area contributed by atoms with Crippen LogP contribution in [0.5, 0.6) is 0 Å². The summed E-state index contributed by atoms with van der Waals surface area (Å²) < 4.78 is 1.34. The van der Waals surface area contributed by atoms with Crippen molar-refractivity contribution >= 4 is 32.1 Å². The number of aliphatic hydroxyl groups excluding tert-OH is 1. The minimum absolute atomic E-state index is 0.0946. The van der Waals surface area contributed by atoms with E-state index in [1.165, 1.54) is 3.11 Å². The van der Waals surface area contributed by atoms with Crippen LogP contribution < -0.4 is 32.1 Å². The van der Waals surface area contributed by atoms with Crippen LogP contribution in [0.25, 0.3) is 10.8 Å². The van der Waals surface area contributed by atoms with Crippen molar-refractivity contribution < 1.29 is 36.2 Å². The molecule has 1 heterocycles. The van der Waals surface area contributed by atoms with Crippen LogP contribution in [-0.4, -0.2) is 61.2 Å². The van der Waals surface area contributed by atoms with Crippen molar-refractivity contribution in [3.8, 4) is 0 Å². The third-order valence-electron chi connectivity index (χ3n) is 5.28. The number of aliphatic hydroxyl groups is 1. The molecule has 0 spiro atoms. The molecule has 1 aliphatic rings. The fourth-order valence-electron chi connectivity index (χ4n) is 3.42. The molecular weight excluding hydrogens is 509 g/mol. The Morgan fingerprint density at radius 1 is 1.19 bits per heavy atom. The molecule has 0 aliphatic carbocycles. The number of anilines is 1. The van der Waals surface area contributed by atoms with Gasteiger partial charge in [-0.15, -0.1) is 0 Å². The molecule has 3 rings (SSSR count). The molecule has 8 nitrogen and oxygen atoms in total.